The second kappa shape index (κ2) is 8.05. The van der Waals surface area contributed by atoms with Crippen molar-refractivity contribution in [1.82, 2.24) is 9.78 Å². The maximum Gasteiger partial charge on any atom is 0.278 e. The highest BCUT2D eigenvalue weighted by Crippen LogP contribution is 2.46. The van der Waals surface area contributed by atoms with Crippen LogP contribution in [-0.4, -0.2) is 20.8 Å². The van der Waals surface area contributed by atoms with Gasteiger partial charge in [-0.15, -0.1) is 0 Å². The molecule has 0 aliphatic carbocycles. The van der Waals surface area contributed by atoms with E-state index in [-0.39, 0.29) is 17.7 Å². The summed E-state index contributed by atoms with van der Waals surface area (Å²) in [6.07, 6.45) is 0. The monoisotopic (exact) mass is 443 g/mol. The highest BCUT2D eigenvalue weighted by atomic mass is 16.3. The molecule has 5 aromatic rings. The number of phenolic OH excluding ortho intramolecular Hbond substituents is 1. The van der Waals surface area contributed by atoms with Gasteiger partial charge in [0.05, 0.1) is 17.4 Å². The quantitative estimate of drug-likeness (QED) is 0.371. The fraction of sp³-hybridized carbons (Fsp3) is 0.0345. The molecule has 34 heavy (non-hydrogen) atoms. The topological polar surface area (TPSA) is 58.4 Å². The summed E-state index contributed by atoms with van der Waals surface area (Å²) in [5.41, 5.74) is 5.69. The molecule has 1 N–H and O–H groups in total. The number of benzene rings is 4. The Morgan fingerprint density at radius 2 is 1.26 bits per heavy atom. The molecular weight excluding hydrogens is 422 g/mol. The zero-order valence-electron chi connectivity index (χ0n) is 18.2. The van der Waals surface area contributed by atoms with Crippen LogP contribution in [0.1, 0.15) is 27.7 Å². The molecule has 1 aliphatic rings. The zero-order chi connectivity index (χ0) is 23.1. The van der Waals surface area contributed by atoms with Gasteiger partial charge in [0.1, 0.15) is 11.4 Å². The molecule has 2 heterocycles. The fourth-order valence-electron chi connectivity index (χ4n) is 4.65. The Morgan fingerprint density at radius 1 is 0.676 bits per heavy atom. The number of para-hydroxylation sites is 1. The first-order valence-corrected chi connectivity index (χ1v) is 11.1. The van der Waals surface area contributed by atoms with Crippen molar-refractivity contribution in [3.63, 3.8) is 0 Å². The van der Waals surface area contributed by atoms with Crippen LogP contribution in [0.4, 0.5) is 5.69 Å². The standard InChI is InChI=1S/C29H21N3O2/c33-24-18-16-22(17-19-24)31-27(21-12-6-2-7-13-21)25-26(20-10-4-1-5-11-20)30-32(28(25)29(31)34)23-14-8-3-9-15-23/h1-19,27,33H/t27-/m1/s1. The Labute approximate surface area is 197 Å². The molecule has 0 saturated heterocycles. The van der Waals surface area contributed by atoms with Gasteiger partial charge >= 0.3 is 0 Å². The molecule has 0 fully saturated rings. The average Bonchev–Trinajstić information content (AvgIpc) is 3.42. The van der Waals surface area contributed by atoms with Crippen LogP contribution in [0.5, 0.6) is 5.75 Å². The highest BCUT2D eigenvalue weighted by molar-refractivity contribution is 6.12. The number of rotatable bonds is 4. The summed E-state index contributed by atoms with van der Waals surface area (Å²) in [5.74, 6) is 0.0256. The minimum Gasteiger partial charge on any atom is -0.508 e. The molecule has 0 saturated carbocycles. The first-order valence-electron chi connectivity index (χ1n) is 11.1. The first-order chi connectivity index (χ1) is 16.7. The second-order valence-corrected chi connectivity index (χ2v) is 8.23. The lowest BCUT2D eigenvalue weighted by atomic mass is 9.96. The van der Waals surface area contributed by atoms with Crippen molar-refractivity contribution in [2.45, 2.75) is 6.04 Å². The molecule has 164 valence electrons. The van der Waals surface area contributed by atoms with Crippen LogP contribution in [-0.2, 0) is 0 Å². The smallest absolute Gasteiger partial charge is 0.278 e. The molecular formula is C29H21N3O2. The van der Waals surface area contributed by atoms with E-state index in [2.05, 4.69) is 0 Å². The van der Waals surface area contributed by atoms with Gasteiger partial charge in [-0.05, 0) is 42.0 Å². The SMILES string of the molecule is O=C1c2c(c(-c3ccccc3)nn2-c2ccccc2)[C@@H](c2ccccc2)N1c1ccc(O)cc1. The number of nitrogens with zero attached hydrogens (tertiary/aromatic N) is 3. The minimum atomic E-state index is -0.360. The summed E-state index contributed by atoms with van der Waals surface area (Å²) in [7, 11) is 0. The van der Waals surface area contributed by atoms with Crippen molar-refractivity contribution < 1.29 is 9.90 Å². The molecule has 0 spiro atoms. The molecule has 5 heteroatoms. The predicted octanol–water partition coefficient (Wildman–Crippen LogP) is 5.99. The Balaban J connectivity index is 1.66. The number of fused-ring (bicyclic) bond motifs is 1. The number of aromatic hydroxyl groups is 1. The first kappa shape index (κ1) is 20.0. The van der Waals surface area contributed by atoms with Crippen LogP contribution in [0.25, 0.3) is 16.9 Å². The van der Waals surface area contributed by atoms with Gasteiger partial charge in [-0.25, -0.2) is 4.68 Å². The largest absolute Gasteiger partial charge is 0.508 e. The molecule has 1 amide bonds. The van der Waals surface area contributed by atoms with Crippen molar-refractivity contribution in [3.05, 3.63) is 132 Å². The summed E-state index contributed by atoms with van der Waals surface area (Å²) < 4.78 is 1.76. The van der Waals surface area contributed by atoms with Gasteiger partial charge in [-0.1, -0.05) is 78.9 Å². The number of anilines is 1. The van der Waals surface area contributed by atoms with E-state index in [0.717, 1.165) is 28.1 Å². The van der Waals surface area contributed by atoms with E-state index in [1.54, 1.807) is 33.8 Å². The lowest BCUT2D eigenvalue weighted by Crippen LogP contribution is -2.30. The number of carbonyl (C=O) groups is 1. The molecule has 5 nitrogen and oxygen atoms in total. The second-order valence-electron chi connectivity index (χ2n) is 8.23. The Bertz CT molecular complexity index is 1460. The van der Waals surface area contributed by atoms with Gasteiger partial charge in [0.2, 0.25) is 0 Å². The zero-order valence-corrected chi connectivity index (χ0v) is 18.2. The highest BCUT2D eigenvalue weighted by Gasteiger charge is 2.45. The van der Waals surface area contributed by atoms with E-state index in [0.29, 0.717) is 11.4 Å². The van der Waals surface area contributed by atoms with Gasteiger partial charge in [0.15, 0.2) is 0 Å². The molecule has 1 aliphatic heterocycles. The lowest BCUT2D eigenvalue weighted by molar-refractivity contribution is 0.0986. The van der Waals surface area contributed by atoms with E-state index in [4.69, 9.17) is 5.10 Å². The van der Waals surface area contributed by atoms with Crippen molar-refractivity contribution in [2.24, 2.45) is 0 Å². The van der Waals surface area contributed by atoms with Crippen molar-refractivity contribution in [3.8, 4) is 22.7 Å². The summed E-state index contributed by atoms with van der Waals surface area (Å²) >= 11 is 0. The van der Waals surface area contributed by atoms with E-state index >= 15 is 0 Å². The predicted molar refractivity (Wildman–Crippen MR) is 132 cm³/mol. The number of amides is 1. The molecule has 0 radical (unpaired) electrons. The van der Waals surface area contributed by atoms with Crippen LogP contribution < -0.4 is 4.90 Å². The van der Waals surface area contributed by atoms with E-state index in [9.17, 15) is 9.90 Å². The summed E-state index contributed by atoms with van der Waals surface area (Å²) in [5, 5.41) is 14.8. The Hall–Kier alpha value is -4.64. The van der Waals surface area contributed by atoms with Crippen molar-refractivity contribution >= 4 is 11.6 Å². The van der Waals surface area contributed by atoms with E-state index in [1.807, 2.05) is 91.0 Å². The third-order valence-electron chi connectivity index (χ3n) is 6.17. The third kappa shape index (κ3) is 3.18. The Morgan fingerprint density at radius 3 is 1.91 bits per heavy atom. The molecule has 1 aromatic heterocycles. The maximum atomic E-state index is 14.1. The molecule has 4 aromatic carbocycles. The minimum absolute atomic E-state index is 0.131. The molecule has 1 atom stereocenters. The van der Waals surface area contributed by atoms with Crippen LogP contribution in [0.15, 0.2) is 115 Å². The van der Waals surface area contributed by atoms with Crippen LogP contribution in [0.2, 0.25) is 0 Å². The van der Waals surface area contributed by atoms with Gasteiger partial charge < -0.3 is 5.11 Å². The molecule has 0 unspecified atom stereocenters. The summed E-state index contributed by atoms with van der Waals surface area (Å²) in [6, 6.07) is 36.1. The van der Waals surface area contributed by atoms with Gasteiger partial charge in [0.25, 0.3) is 5.91 Å². The van der Waals surface area contributed by atoms with Gasteiger partial charge in [-0.2, -0.15) is 5.10 Å². The summed E-state index contributed by atoms with van der Waals surface area (Å²) in [6.45, 7) is 0. The normalized spacial score (nSPS) is 14.9. The lowest BCUT2D eigenvalue weighted by Gasteiger charge is -2.26. The van der Waals surface area contributed by atoms with Gasteiger partial charge in [0, 0.05) is 16.8 Å². The van der Waals surface area contributed by atoms with E-state index < -0.39 is 0 Å². The number of carbonyl (C=O) groups excluding carboxylic acids is 1. The fourth-order valence-corrected chi connectivity index (χ4v) is 4.65. The molecule has 6 rings (SSSR count). The number of hydrogen-bond acceptors (Lipinski definition) is 3. The number of aromatic nitrogens is 2. The van der Waals surface area contributed by atoms with Crippen molar-refractivity contribution in [1.29, 1.82) is 0 Å². The summed E-state index contributed by atoms with van der Waals surface area (Å²) in [4.78, 5) is 15.9. The number of hydrogen-bond donors (Lipinski definition) is 1. The maximum absolute atomic E-state index is 14.1. The third-order valence-corrected chi connectivity index (χ3v) is 6.17. The van der Waals surface area contributed by atoms with Crippen LogP contribution >= 0.6 is 0 Å². The number of phenols is 1. The van der Waals surface area contributed by atoms with Crippen molar-refractivity contribution in [2.75, 3.05) is 4.90 Å². The van der Waals surface area contributed by atoms with Crippen LogP contribution in [0, 0.1) is 0 Å². The Kier molecular flexibility index (Phi) is 4.73. The average molecular weight is 444 g/mol. The van der Waals surface area contributed by atoms with Gasteiger partial charge in [-0.3, -0.25) is 9.69 Å². The molecule has 0 bridgehead atoms. The van der Waals surface area contributed by atoms with Crippen LogP contribution in [0.3, 0.4) is 0 Å². The van der Waals surface area contributed by atoms with E-state index in [1.165, 1.54) is 0 Å².